The van der Waals surface area contributed by atoms with Crippen LogP contribution in [0.1, 0.15) is 26.7 Å². The van der Waals surface area contributed by atoms with Gasteiger partial charge in [-0.05, 0) is 5.18 Å². The molecule has 4 heteroatoms. The summed E-state index contributed by atoms with van der Waals surface area (Å²) in [5, 5.41) is 11.4. The van der Waals surface area contributed by atoms with Crippen LogP contribution in [0.15, 0.2) is 16.6 Å². The molecule has 0 radical (unpaired) electrons. The van der Waals surface area contributed by atoms with E-state index in [9.17, 15) is 9.70 Å². The first-order valence-corrected chi connectivity index (χ1v) is 3.46. The molecule has 0 spiro atoms. The van der Waals surface area contributed by atoms with E-state index < -0.39 is 5.78 Å². The Morgan fingerprint density at radius 1 is 1.36 bits per heavy atom. The van der Waals surface area contributed by atoms with Gasteiger partial charge in [0.25, 0.3) is 0 Å². The van der Waals surface area contributed by atoms with Gasteiger partial charge in [0.1, 0.15) is 5.76 Å². The molecular formula is C7H11NO3. The van der Waals surface area contributed by atoms with Crippen LogP contribution in [0.5, 0.6) is 0 Å². The monoisotopic (exact) mass is 157 g/mol. The van der Waals surface area contributed by atoms with E-state index in [4.69, 9.17) is 5.11 Å². The SMILES string of the molecule is CCC(=O)/C(N=O)=C(\O)CC. The molecular weight excluding hydrogens is 146 g/mol. The van der Waals surface area contributed by atoms with Gasteiger partial charge >= 0.3 is 0 Å². The second kappa shape index (κ2) is 4.60. The number of hydrogen-bond donors (Lipinski definition) is 1. The van der Waals surface area contributed by atoms with Gasteiger partial charge < -0.3 is 5.11 Å². The van der Waals surface area contributed by atoms with E-state index in [1.54, 1.807) is 13.8 Å². The Hall–Kier alpha value is -1.19. The number of aliphatic hydroxyl groups excluding tert-OH is 1. The molecule has 0 aromatic heterocycles. The second-order valence-corrected chi connectivity index (χ2v) is 2.02. The van der Waals surface area contributed by atoms with Gasteiger partial charge in [0.15, 0.2) is 11.5 Å². The van der Waals surface area contributed by atoms with Crippen LogP contribution in [-0.4, -0.2) is 10.9 Å². The van der Waals surface area contributed by atoms with Gasteiger partial charge in [0.05, 0.1) is 0 Å². The molecule has 0 aromatic rings. The van der Waals surface area contributed by atoms with Crippen molar-refractivity contribution in [2.24, 2.45) is 5.18 Å². The zero-order chi connectivity index (χ0) is 8.85. The molecule has 0 amide bonds. The topological polar surface area (TPSA) is 66.7 Å². The minimum Gasteiger partial charge on any atom is -0.510 e. The van der Waals surface area contributed by atoms with Crippen molar-refractivity contribution in [1.82, 2.24) is 0 Å². The predicted molar refractivity (Wildman–Crippen MR) is 41.0 cm³/mol. The number of ketones is 1. The summed E-state index contributed by atoms with van der Waals surface area (Å²) < 4.78 is 0. The molecule has 0 aliphatic carbocycles. The molecule has 0 fully saturated rings. The zero-order valence-electron chi connectivity index (χ0n) is 6.63. The highest BCUT2D eigenvalue weighted by molar-refractivity contribution is 5.95. The number of allylic oxidation sites excluding steroid dienone is 2. The van der Waals surface area contributed by atoms with Gasteiger partial charge in [0, 0.05) is 12.8 Å². The average molecular weight is 157 g/mol. The molecule has 0 aromatic carbocycles. The largest absolute Gasteiger partial charge is 0.510 e. The minimum atomic E-state index is -0.417. The first-order valence-electron chi connectivity index (χ1n) is 3.46. The molecule has 11 heavy (non-hydrogen) atoms. The van der Waals surface area contributed by atoms with Crippen LogP contribution < -0.4 is 0 Å². The van der Waals surface area contributed by atoms with E-state index in [0.29, 0.717) is 0 Å². The molecule has 4 nitrogen and oxygen atoms in total. The molecule has 0 saturated carbocycles. The van der Waals surface area contributed by atoms with Gasteiger partial charge in [-0.25, -0.2) is 0 Å². The number of nitroso groups, excluding NO2 is 1. The maximum atomic E-state index is 10.8. The van der Waals surface area contributed by atoms with Crippen LogP contribution in [0, 0.1) is 4.91 Å². The molecule has 0 unspecified atom stereocenters. The smallest absolute Gasteiger partial charge is 0.188 e. The van der Waals surface area contributed by atoms with Crippen LogP contribution in [0.4, 0.5) is 0 Å². The van der Waals surface area contributed by atoms with Crippen molar-refractivity contribution < 1.29 is 9.90 Å². The number of nitrogens with zero attached hydrogens (tertiary/aromatic N) is 1. The van der Waals surface area contributed by atoms with E-state index in [0.717, 1.165) is 0 Å². The van der Waals surface area contributed by atoms with Crippen LogP contribution in [0.25, 0.3) is 0 Å². The number of hydrogen-bond acceptors (Lipinski definition) is 4. The summed E-state index contributed by atoms with van der Waals surface area (Å²) in [6.45, 7) is 3.25. The molecule has 0 heterocycles. The summed E-state index contributed by atoms with van der Waals surface area (Å²) >= 11 is 0. The van der Waals surface area contributed by atoms with Gasteiger partial charge in [-0.3, -0.25) is 4.79 Å². The van der Waals surface area contributed by atoms with Crippen LogP contribution in [0.2, 0.25) is 0 Å². The summed E-state index contributed by atoms with van der Waals surface area (Å²) in [5.74, 6) is -0.647. The summed E-state index contributed by atoms with van der Waals surface area (Å²) in [6, 6.07) is 0. The number of Topliss-reactive ketones (excluding diaryl/α,β-unsaturated/α-hetero) is 1. The Labute approximate surface area is 64.9 Å². The molecule has 0 aliphatic heterocycles. The highest BCUT2D eigenvalue weighted by atomic mass is 16.3. The highest BCUT2D eigenvalue weighted by Gasteiger charge is 2.12. The Balaban J connectivity index is 4.64. The van der Waals surface area contributed by atoms with Crippen molar-refractivity contribution in [2.75, 3.05) is 0 Å². The zero-order valence-corrected chi connectivity index (χ0v) is 6.63. The number of rotatable bonds is 4. The predicted octanol–water partition coefficient (Wildman–Crippen LogP) is 1.91. The number of carbonyl (C=O) groups is 1. The van der Waals surface area contributed by atoms with Gasteiger partial charge in [-0.15, -0.1) is 4.91 Å². The maximum Gasteiger partial charge on any atom is 0.188 e. The third-order valence-electron chi connectivity index (χ3n) is 1.28. The van der Waals surface area contributed by atoms with Crippen molar-refractivity contribution in [3.8, 4) is 0 Å². The van der Waals surface area contributed by atoms with Crippen molar-refractivity contribution >= 4 is 5.78 Å². The van der Waals surface area contributed by atoms with Crippen molar-refractivity contribution in [3.05, 3.63) is 16.4 Å². The third-order valence-corrected chi connectivity index (χ3v) is 1.28. The van der Waals surface area contributed by atoms with Crippen molar-refractivity contribution in [2.45, 2.75) is 26.7 Å². The van der Waals surface area contributed by atoms with E-state index in [-0.39, 0.29) is 24.3 Å². The lowest BCUT2D eigenvalue weighted by atomic mass is 10.2. The first kappa shape index (κ1) is 9.81. The first-order chi connectivity index (χ1) is 5.17. The molecule has 0 rings (SSSR count). The summed E-state index contributed by atoms with van der Waals surface area (Å²) in [7, 11) is 0. The maximum absolute atomic E-state index is 10.8. The lowest BCUT2D eigenvalue weighted by molar-refractivity contribution is -0.115. The molecule has 62 valence electrons. The molecule has 0 bridgehead atoms. The normalized spacial score (nSPS) is 12.2. The average Bonchev–Trinajstić information content (AvgIpc) is 2.05. The lowest BCUT2D eigenvalue weighted by Crippen LogP contribution is -2.01. The highest BCUT2D eigenvalue weighted by Crippen LogP contribution is 2.09. The fraction of sp³-hybridized carbons (Fsp3) is 0.571. The van der Waals surface area contributed by atoms with Gasteiger partial charge in [-0.1, -0.05) is 13.8 Å². The molecule has 1 N–H and O–H groups in total. The Morgan fingerprint density at radius 2 is 1.91 bits per heavy atom. The van der Waals surface area contributed by atoms with E-state index in [2.05, 4.69) is 5.18 Å². The minimum absolute atomic E-state index is 0.186. The van der Waals surface area contributed by atoms with Gasteiger partial charge in [0.2, 0.25) is 0 Å². The Morgan fingerprint density at radius 3 is 2.18 bits per heavy atom. The quantitative estimate of drug-likeness (QED) is 0.385. The molecule has 0 saturated heterocycles. The van der Waals surface area contributed by atoms with E-state index in [1.165, 1.54) is 0 Å². The van der Waals surface area contributed by atoms with Crippen LogP contribution in [0.3, 0.4) is 0 Å². The second-order valence-electron chi connectivity index (χ2n) is 2.02. The summed E-state index contributed by atoms with van der Waals surface area (Å²) in [4.78, 5) is 20.8. The Kier molecular flexibility index (Phi) is 4.10. The van der Waals surface area contributed by atoms with Crippen LogP contribution in [-0.2, 0) is 4.79 Å². The summed E-state index contributed by atoms with van der Waals surface area (Å²) in [5.41, 5.74) is -0.338. The summed E-state index contributed by atoms with van der Waals surface area (Å²) in [6.07, 6.45) is 0.442. The van der Waals surface area contributed by atoms with Gasteiger partial charge in [-0.2, -0.15) is 0 Å². The fourth-order valence-electron chi connectivity index (χ4n) is 0.599. The van der Waals surface area contributed by atoms with E-state index in [1.807, 2.05) is 0 Å². The van der Waals surface area contributed by atoms with Crippen molar-refractivity contribution in [1.29, 1.82) is 0 Å². The number of aliphatic hydroxyl groups is 1. The lowest BCUT2D eigenvalue weighted by Gasteiger charge is -1.97. The number of carbonyl (C=O) groups excluding carboxylic acids is 1. The van der Waals surface area contributed by atoms with Crippen LogP contribution >= 0.6 is 0 Å². The standard InChI is InChI=1S/C7H11NO3/c1-3-5(9)7(8-11)6(10)4-2/h9H,3-4H2,1-2H3/b7-5+. The molecule has 0 aliphatic rings. The Bertz CT molecular complexity index is 196. The third kappa shape index (κ3) is 2.49. The van der Waals surface area contributed by atoms with Crippen molar-refractivity contribution in [3.63, 3.8) is 0 Å². The molecule has 0 atom stereocenters. The fourth-order valence-corrected chi connectivity index (χ4v) is 0.599. The van der Waals surface area contributed by atoms with E-state index >= 15 is 0 Å².